The standard InChI is InChI=1S/C15H15ClN4O2/c16-12-1-3-13(4-2-12)19-14(21)11-9-17-15(18-10-11)20-5-7-22-8-6-20/h1-4,9-10H,5-8H2,(H,19,21). The number of nitrogens with zero attached hydrogens (tertiary/aromatic N) is 3. The Kier molecular flexibility index (Phi) is 4.50. The van der Waals surface area contributed by atoms with Crippen LogP contribution < -0.4 is 10.2 Å². The van der Waals surface area contributed by atoms with Crippen molar-refractivity contribution in [2.45, 2.75) is 0 Å². The van der Waals surface area contributed by atoms with Crippen molar-refractivity contribution >= 4 is 29.1 Å². The second-order valence-corrected chi connectivity index (χ2v) is 5.27. The Hall–Kier alpha value is -2.18. The zero-order chi connectivity index (χ0) is 15.4. The van der Waals surface area contributed by atoms with Crippen molar-refractivity contribution in [1.82, 2.24) is 9.97 Å². The summed E-state index contributed by atoms with van der Waals surface area (Å²) in [4.78, 5) is 22.7. The second kappa shape index (κ2) is 6.72. The summed E-state index contributed by atoms with van der Waals surface area (Å²) in [5.74, 6) is 0.363. The van der Waals surface area contributed by atoms with Gasteiger partial charge in [0.1, 0.15) is 0 Å². The molecule has 1 fully saturated rings. The Morgan fingerprint density at radius 1 is 1.14 bits per heavy atom. The molecule has 22 heavy (non-hydrogen) atoms. The van der Waals surface area contributed by atoms with Crippen molar-refractivity contribution in [2.75, 3.05) is 36.5 Å². The van der Waals surface area contributed by atoms with Crippen molar-refractivity contribution in [3.8, 4) is 0 Å². The number of hydrogen-bond donors (Lipinski definition) is 1. The number of ether oxygens (including phenoxy) is 1. The molecular weight excluding hydrogens is 304 g/mol. The third kappa shape index (κ3) is 3.52. The average Bonchev–Trinajstić information content (AvgIpc) is 2.58. The summed E-state index contributed by atoms with van der Waals surface area (Å²) in [5.41, 5.74) is 1.08. The molecule has 1 aliphatic rings. The summed E-state index contributed by atoms with van der Waals surface area (Å²) in [6.45, 7) is 2.86. The van der Waals surface area contributed by atoms with Crippen LogP contribution in [0.15, 0.2) is 36.7 Å². The average molecular weight is 319 g/mol. The number of morpholine rings is 1. The Balaban J connectivity index is 1.66. The molecule has 0 atom stereocenters. The van der Waals surface area contributed by atoms with Gasteiger partial charge in [-0.25, -0.2) is 9.97 Å². The monoisotopic (exact) mass is 318 g/mol. The third-order valence-electron chi connectivity index (χ3n) is 3.30. The molecule has 2 heterocycles. The molecule has 0 radical (unpaired) electrons. The highest BCUT2D eigenvalue weighted by molar-refractivity contribution is 6.30. The maximum absolute atomic E-state index is 12.1. The van der Waals surface area contributed by atoms with Crippen molar-refractivity contribution in [3.63, 3.8) is 0 Å². The number of benzene rings is 1. The fraction of sp³-hybridized carbons (Fsp3) is 0.267. The number of halogens is 1. The van der Waals surface area contributed by atoms with E-state index in [4.69, 9.17) is 16.3 Å². The molecule has 1 N–H and O–H groups in total. The van der Waals surface area contributed by atoms with Crippen LogP contribution in [0.1, 0.15) is 10.4 Å². The van der Waals surface area contributed by atoms with E-state index in [0.717, 1.165) is 13.1 Å². The summed E-state index contributed by atoms with van der Waals surface area (Å²) < 4.78 is 5.29. The predicted molar refractivity (Wildman–Crippen MR) is 84.5 cm³/mol. The normalized spacial score (nSPS) is 14.7. The molecule has 2 aromatic rings. The van der Waals surface area contributed by atoms with Crippen molar-refractivity contribution in [2.24, 2.45) is 0 Å². The molecule has 7 heteroatoms. The number of carbonyl (C=O) groups excluding carboxylic acids is 1. The number of amides is 1. The minimum Gasteiger partial charge on any atom is -0.378 e. The molecule has 114 valence electrons. The summed E-state index contributed by atoms with van der Waals surface area (Å²) in [6.07, 6.45) is 3.06. The summed E-state index contributed by atoms with van der Waals surface area (Å²) in [6, 6.07) is 6.91. The number of carbonyl (C=O) groups is 1. The number of nitrogens with one attached hydrogen (secondary N) is 1. The van der Waals surface area contributed by atoms with E-state index in [0.29, 0.717) is 35.4 Å². The van der Waals surface area contributed by atoms with E-state index in [1.807, 2.05) is 4.90 Å². The zero-order valence-corrected chi connectivity index (χ0v) is 12.6. The lowest BCUT2D eigenvalue weighted by Gasteiger charge is -2.26. The topological polar surface area (TPSA) is 67.4 Å². The van der Waals surface area contributed by atoms with Crippen LogP contribution in [-0.4, -0.2) is 42.2 Å². The van der Waals surface area contributed by atoms with Crippen molar-refractivity contribution in [1.29, 1.82) is 0 Å². The van der Waals surface area contributed by atoms with Gasteiger partial charge in [-0.3, -0.25) is 4.79 Å². The fourth-order valence-electron chi connectivity index (χ4n) is 2.10. The van der Waals surface area contributed by atoms with Gasteiger partial charge in [0.05, 0.1) is 18.8 Å². The Morgan fingerprint density at radius 2 is 1.77 bits per heavy atom. The Labute approximate surface area is 133 Å². The van der Waals surface area contributed by atoms with Crippen LogP contribution >= 0.6 is 11.6 Å². The number of hydrogen-bond acceptors (Lipinski definition) is 5. The maximum atomic E-state index is 12.1. The lowest BCUT2D eigenvalue weighted by molar-refractivity contribution is 0.102. The van der Waals surface area contributed by atoms with Gasteiger partial charge in [0.2, 0.25) is 5.95 Å². The first-order chi connectivity index (χ1) is 10.7. The van der Waals surface area contributed by atoms with Gasteiger partial charge in [0, 0.05) is 36.2 Å². The van der Waals surface area contributed by atoms with Gasteiger partial charge in [0.15, 0.2) is 0 Å². The summed E-state index contributed by atoms with van der Waals surface area (Å²) in [5, 5.41) is 3.39. The first kappa shape index (κ1) is 14.7. The highest BCUT2D eigenvalue weighted by Crippen LogP contribution is 2.15. The Bertz CT molecular complexity index is 640. The van der Waals surface area contributed by atoms with Gasteiger partial charge in [-0.2, -0.15) is 0 Å². The van der Waals surface area contributed by atoms with Gasteiger partial charge in [-0.05, 0) is 24.3 Å². The molecular formula is C15H15ClN4O2. The highest BCUT2D eigenvalue weighted by atomic mass is 35.5. The molecule has 0 saturated carbocycles. The smallest absolute Gasteiger partial charge is 0.258 e. The lowest BCUT2D eigenvalue weighted by Crippen LogP contribution is -2.37. The largest absolute Gasteiger partial charge is 0.378 e. The highest BCUT2D eigenvalue weighted by Gasteiger charge is 2.14. The molecule has 3 rings (SSSR count). The van der Waals surface area contributed by atoms with Crippen LogP contribution in [0.3, 0.4) is 0 Å². The summed E-state index contributed by atoms with van der Waals surface area (Å²) >= 11 is 5.81. The maximum Gasteiger partial charge on any atom is 0.258 e. The number of anilines is 2. The molecule has 0 unspecified atom stereocenters. The molecule has 1 saturated heterocycles. The molecule has 6 nitrogen and oxygen atoms in total. The first-order valence-corrected chi connectivity index (χ1v) is 7.32. The summed E-state index contributed by atoms with van der Waals surface area (Å²) in [7, 11) is 0. The van der Waals surface area contributed by atoms with Crippen molar-refractivity contribution in [3.05, 3.63) is 47.2 Å². The minimum absolute atomic E-state index is 0.254. The molecule has 1 aliphatic heterocycles. The van der Waals surface area contributed by atoms with E-state index in [1.54, 1.807) is 24.3 Å². The SMILES string of the molecule is O=C(Nc1ccc(Cl)cc1)c1cnc(N2CCOCC2)nc1. The quantitative estimate of drug-likeness (QED) is 0.940. The van der Waals surface area contributed by atoms with Crippen LogP contribution in [0.2, 0.25) is 5.02 Å². The van der Waals surface area contributed by atoms with E-state index in [1.165, 1.54) is 12.4 Å². The first-order valence-electron chi connectivity index (χ1n) is 6.94. The van der Waals surface area contributed by atoms with E-state index < -0.39 is 0 Å². The second-order valence-electron chi connectivity index (χ2n) is 4.83. The molecule has 1 amide bonds. The van der Waals surface area contributed by atoms with Gasteiger partial charge >= 0.3 is 0 Å². The molecule has 0 spiro atoms. The Morgan fingerprint density at radius 3 is 2.41 bits per heavy atom. The van der Waals surface area contributed by atoms with E-state index >= 15 is 0 Å². The molecule has 1 aromatic heterocycles. The van der Waals surface area contributed by atoms with E-state index in [2.05, 4.69) is 15.3 Å². The fourth-order valence-corrected chi connectivity index (χ4v) is 2.23. The van der Waals surface area contributed by atoms with Crippen LogP contribution in [0.5, 0.6) is 0 Å². The molecule has 0 bridgehead atoms. The van der Waals surface area contributed by atoms with Crippen LogP contribution in [0, 0.1) is 0 Å². The van der Waals surface area contributed by atoms with E-state index in [9.17, 15) is 4.79 Å². The van der Waals surface area contributed by atoms with Crippen LogP contribution in [0.25, 0.3) is 0 Å². The third-order valence-corrected chi connectivity index (χ3v) is 3.55. The predicted octanol–water partition coefficient (Wildman–Crippen LogP) is 2.22. The van der Waals surface area contributed by atoms with E-state index in [-0.39, 0.29) is 5.91 Å². The van der Waals surface area contributed by atoms with Gasteiger partial charge in [-0.1, -0.05) is 11.6 Å². The van der Waals surface area contributed by atoms with Crippen LogP contribution in [-0.2, 0) is 4.74 Å². The molecule has 0 aliphatic carbocycles. The van der Waals surface area contributed by atoms with Gasteiger partial charge in [-0.15, -0.1) is 0 Å². The zero-order valence-electron chi connectivity index (χ0n) is 11.8. The molecule has 1 aromatic carbocycles. The van der Waals surface area contributed by atoms with Gasteiger partial charge < -0.3 is 15.0 Å². The van der Waals surface area contributed by atoms with Crippen molar-refractivity contribution < 1.29 is 9.53 Å². The number of aromatic nitrogens is 2. The lowest BCUT2D eigenvalue weighted by atomic mass is 10.3. The van der Waals surface area contributed by atoms with Crippen LogP contribution in [0.4, 0.5) is 11.6 Å². The number of rotatable bonds is 3. The van der Waals surface area contributed by atoms with Gasteiger partial charge in [0.25, 0.3) is 5.91 Å². The minimum atomic E-state index is -0.254.